The Labute approximate surface area is 142 Å². The first-order valence-electron chi connectivity index (χ1n) is 7.60. The Hall–Kier alpha value is -0.360. The summed E-state index contributed by atoms with van der Waals surface area (Å²) in [6.45, 7) is 4.33. The average Bonchev–Trinajstić information content (AvgIpc) is 2.85. The van der Waals surface area contributed by atoms with E-state index in [0.29, 0.717) is 29.1 Å². The van der Waals surface area contributed by atoms with E-state index in [4.69, 9.17) is 28.3 Å². The fourth-order valence-corrected chi connectivity index (χ4v) is 3.66. The van der Waals surface area contributed by atoms with Crippen LogP contribution in [0.2, 0.25) is 10.0 Å². The predicted octanol–water partition coefficient (Wildman–Crippen LogP) is 1.96. The summed E-state index contributed by atoms with van der Waals surface area (Å²) in [5.41, 5.74) is 0.951. The molecule has 0 aliphatic carbocycles. The molecule has 1 aromatic rings. The summed E-state index contributed by atoms with van der Waals surface area (Å²) in [7, 11) is 2.00. The van der Waals surface area contributed by atoms with Gasteiger partial charge < -0.3 is 15.1 Å². The predicted molar refractivity (Wildman–Crippen MR) is 90.4 cm³/mol. The number of aliphatic hydroxyl groups excluding tert-OH is 2. The Kier molecular flexibility index (Phi) is 6.93. The molecule has 0 aromatic heterocycles. The van der Waals surface area contributed by atoms with E-state index in [1.54, 1.807) is 0 Å². The van der Waals surface area contributed by atoms with Crippen LogP contribution in [0.5, 0.6) is 0 Å². The summed E-state index contributed by atoms with van der Waals surface area (Å²) < 4.78 is 0. The lowest BCUT2D eigenvalue weighted by molar-refractivity contribution is 0.160. The van der Waals surface area contributed by atoms with Crippen LogP contribution < -0.4 is 0 Å². The Balaban J connectivity index is 1.99. The van der Waals surface area contributed by atoms with E-state index in [1.165, 1.54) is 0 Å². The van der Waals surface area contributed by atoms with Gasteiger partial charge in [-0.1, -0.05) is 29.3 Å². The standard InChI is InChI=1S/C16H24Cl2N2O2/c1-19(5-6-21)7-12-8-20(9-13(12)11-22)10-14-15(17)3-2-4-16(14)18/h2-4,12-13,21-22H,5-11H2,1H3/t12-,13-/m1/s1. The Morgan fingerprint density at radius 2 is 1.82 bits per heavy atom. The molecule has 1 aliphatic heterocycles. The SMILES string of the molecule is CN(CCO)C[C@@H]1CN(Cc2c(Cl)cccc2Cl)C[C@@H]1CO. The largest absolute Gasteiger partial charge is 0.396 e. The molecule has 1 aliphatic rings. The second-order valence-electron chi connectivity index (χ2n) is 6.08. The summed E-state index contributed by atoms with van der Waals surface area (Å²) in [5, 5.41) is 20.0. The van der Waals surface area contributed by atoms with Crippen molar-refractivity contribution >= 4 is 23.2 Å². The number of likely N-dealkylation sites (N-methyl/N-ethyl adjacent to an activating group) is 1. The molecule has 1 aromatic carbocycles. The van der Waals surface area contributed by atoms with Gasteiger partial charge in [0.1, 0.15) is 0 Å². The number of aliphatic hydroxyl groups is 2. The molecule has 6 heteroatoms. The molecule has 124 valence electrons. The minimum absolute atomic E-state index is 0.159. The molecule has 1 fully saturated rings. The Morgan fingerprint density at radius 1 is 1.18 bits per heavy atom. The fraction of sp³-hybridized carbons (Fsp3) is 0.625. The van der Waals surface area contributed by atoms with Crippen molar-refractivity contribution in [2.45, 2.75) is 6.54 Å². The van der Waals surface area contributed by atoms with Crippen LogP contribution in [0, 0.1) is 11.8 Å². The van der Waals surface area contributed by atoms with Crippen LogP contribution in [0.1, 0.15) is 5.56 Å². The van der Waals surface area contributed by atoms with Crippen molar-refractivity contribution < 1.29 is 10.2 Å². The first-order chi connectivity index (χ1) is 10.5. The van der Waals surface area contributed by atoms with Crippen LogP contribution in [0.3, 0.4) is 0 Å². The first kappa shape index (κ1) is 18.0. The van der Waals surface area contributed by atoms with Crippen LogP contribution in [-0.4, -0.2) is 66.5 Å². The quantitative estimate of drug-likeness (QED) is 0.792. The smallest absolute Gasteiger partial charge is 0.0558 e. The maximum atomic E-state index is 9.63. The molecule has 0 radical (unpaired) electrons. The highest BCUT2D eigenvalue weighted by Gasteiger charge is 2.33. The van der Waals surface area contributed by atoms with Gasteiger partial charge >= 0.3 is 0 Å². The minimum atomic E-state index is 0.159. The van der Waals surface area contributed by atoms with Crippen LogP contribution in [0.15, 0.2) is 18.2 Å². The van der Waals surface area contributed by atoms with Gasteiger partial charge in [-0.3, -0.25) is 4.90 Å². The molecule has 2 N–H and O–H groups in total. The van der Waals surface area contributed by atoms with E-state index >= 15 is 0 Å². The third-order valence-corrected chi connectivity index (χ3v) is 5.07. The highest BCUT2D eigenvalue weighted by atomic mass is 35.5. The van der Waals surface area contributed by atoms with Gasteiger partial charge in [-0.15, -0.1) is 0 Å². The molecule has 4 nitrogen and oxygen atoms in total. The van der Waals surface area contributed by atoms with E-state index in [0.717, 1.165) is 25.2 Å². The number of benzene rings is 1. The lowest BCUT2D eigenvalue weighted by Crippen LogP contribution is -2.32. The number of nitrogens with zero attached hydrogens (tertiary/aromatic N) is 2. The molecule has 0 amide bonds. The molecule has 0 unspecified atom stereocenters. The molecule has 1 heterocycles. The number of halogens is 2. The number of rotatable bonds is 7. The van der Waals surface area contributed by atoms with Crippen LogP contribution in [-0.2, 0) is 6.54 Å². The molecule has 2 atom stereocenters. The molecule has 2 rings (SSSR count). The third kappa shape index (κ3) is 4.57. The molecular weight excluding hydrogens is 323 g/mol. The van der Waals surface area contributed by atoms with E-state index in [9.17, 15) is 5.11 Å². The van der Waals surface area contributed by atoms with E-state index in [2.05, 4.69) is 9.80 Å². The number of likely N-dealkylation sites (tertiary alicyclic amines) is 1. The highest BCUT2D eigenvalue weighted by molar-refractivity contribution is 6.35. The average molecular weight is 347 g/mol. The molecule has 22 heavy (non-hydrogen) atoms. The zero-order valence-corrected chi connectivity index (χ0v) is 14.4. The Morgan fingerprint density at radius 3 is 2.41 bits per heavy atom. The maximum Gasteiger partial charge on any atom is 0.0558 e. The second kappa shape index (κ2) is 8.48. The van der Waals surface area contributed by atoms with Gasteiger partial charge in [0.2, 0.25) is 0 Å². The van der Waals surface area contributed by atoms with Crippen molar-refractivity contribution in [1.82, 2.24) is 9.80 Å². The van der Waals surface area contributed by atoms with Crippen molar-refractivity contribution in [3.63, 3.8) is 0 Å². The van der Waals surface area contributed by atoms with Gasteiger partial charge in [0.15, 0.2) is 0 Å². The fourth-order valence-electron chi connectivity index (χ4n) is 3.15. The van der Waals surface area contributed by atoms with E-state index in [1.807, 2.05) is 25.2 Å². The van der Waals surface area contributed by atoms with Crippen molar-refractivity contribution in [3.8, 4) is 0 Å². The number of hydrogen-bond donors (Lipinski definition) is 2. The van der Waals surface area contributed by atoms with Crippen LogP contribution >= 0.6 is 23.2 Å². The number of hydrogen-bond acceptors (Lipinski definition) is 4. The van der Waals surface area contributed by atoms with E-state index in [-0.39, 0.29) is 19.1 Å². The molecule has 0 saturated carbocycles. The highest BCUT2D eigenvalue weighted by Crippen LogP contribution is 2.30. The van der Waals surface area contributed by atoms with Crippen molar-refractivity contribution in [2.75, 3.05) is 46.4 Å². The summed E-state index contributed by atoms with van der Waals surface area (Å²) in [6, 6.07) is 5.56. The van der Waals surface area contributed by atoms with Gasteiger partial charge in [-0.2, -0.15) is 0 Å². The molecule has 0 bridgehead atoms. The summed E-state index contributed by atoms with van der Waals surface area (Å²) in [4.78, 5) is 4.41. The van der Waals surface area contributed by atoms with Gasteiger partial charge in [-0.25, -0.2) is 0 Å². The second-order valence-corrected chi connectivity index (χ2v) is 6.90. The monoisotopic (exact) mass is 346 g/mol. The first-order valence-corrected chi connectivity index (χ1v) is 8.36. The normalized spacial score (nSPS) is 22.6. The summed E-state index contributed by atoms with van der Waals surface area (Å²) >= 11 is 12.5. The molecule has 0 spiro atoms. The maximum absolute atomic E-state index is 9.63. The van der Waals surface area contributed by atoms with Gasteiger partial charge in [0.05, 0.1) is 6.61 Å². The summed E-state index contributed by atoms with van der Waals surface area (Å²) in [6.07, 6.45) is 0. The van der Waals surface area contributed by atoms with Gasteiger partial charge in [0, 0.05) is 54.9 Å². The van der Waals surface area contributed by atoms with Gasteiger partial charge in [-0.05, 0) is 31.0 Å². The zero-order chi connectivity index (χ0) is 16.1. The minimum Gasteiger partial charge on any atom is -0.396 e. The lowest BCUT2D eigenvalue weighted by Gasteiger charge is -2.23. The van der Waals surface area contributed by atoms with Crippen LogP contribution in [0.25, 0.3) is 0 Å². The van der Waals surface area contributed by atoms with Crippen LogP contribution in [0.4, 0.5) is 0 Å². The summed E-state index contributed by atoms with van der Waals surface area (Å²) in [5.74, 6) is 0.644. The molecule has 1 saturated heterocycles. The zero-order valence-electron chi connectivity index (χ0n) is 12.9. The van der Waals surface area contributed by atoms with Crippen molar-refractivity contribution in [3.05, 3.63) is 33.8 Å². The lowest BCUT2D eigenvalue weighted by atomic mass is 9.96. The third-order valence-electron chi connectivity index (χ3n) is 4.36. The van der Waals surface area contributed by atoms with E-state index < -0.39 is 0 Å². The van der Waals surface area contributed by atoms with Gasteiger partial charge in [0.25, 0.3) is 0 Å². The van der Waals surface area contributed by atoms with Crippen molar-refractivity contribution in [2.24, 2.45) is 11.8 Å². The topological polar surface area (TPSA) is 46.9 Å². The Bertz CT molecular complexity index is 467. The van der Waals surface area contributed by atoms with Crippen molar-refractivity contribution in [1.29, 1.82) is 0 Å². The molecular formula is C16H24Cl2N2O2.